The van der Waals surface area contributed by atoms with E-state index in [9.17, 15) is 0 Å². The highest BCUT2D eigenvalue weighted by atomic mass is 15.3. The van der Waals surface area contributed by atoms with Gasteiger partial charge in [-0.05, 0) is 36.7 Å². The van der Waals surface area contributed by atoms with Crippen LogP contribution in [0.2, 0.25) is 0 Å². The summed E-state index contributed by atoms with van der Waals surface area (Å²) in [6, 6.07) is 10.2. The van der Waals surface area contributed by atoms with Crippen LogP contribution < -0.4 is 15.5 Å². The summed E-state index contributed by atoms with van der Waals surface area (Å²) in [7, 11) is 2.14. The minimum Gasteiger partial charge on any atom is -0.368 e. The van der Waals surface area contributed by atoms with E-state index in [1.165, 1.54) is 11.1 Å². The van der Waals surface area contributed by atoms with Crippen molar-refractivity contribution >= 4 is 17.6 Å². The zero-order chi connectivity index (χ0) is 18.1. The zero-order valence-corrected chi connectivity index (χ0v) is 15.0. The number of piperazine rings is 1. The minimum atomic E-state index is 0.313. The van der Waals surface area contributed by atoms with E-state index in [1.54, 1.807) is 0 Å². The van der Waals surface area contributed by atoms with Gasteiger partial charge in [-0.15, -0.1) is 0 Å². The van der Waals surface area contributed by atoms with Gasteiger partial charge >= 0.3 is 0 Å². The monoisotopic (exact) mass is 349 g/mol. The Bertz CT molecular complexity index is 849. The smallest absolute Gasteiger partial charge is 0.223 e. The summed E-state index contributed by atoms with van der Waals surface area (Å²) in [4.78, 5) is 15.7. The van der Waals surface area contributed by atoms with Gasteiger partial charge in [-0.25, -0.2) is 0 Å². The van der Waals surface area contributed by atoms with Crippen LogP contribution in [0.15, 0.2) is 24.3 Å². The van der Waals surface area contributed by atoms with E-state index in [1.807, 2.05) is 18.2 Å². The maximum absolute atomic E-state index is 9.15. The fraction of sp³-hybridized carbons (Fsp3) is 0.421. The molecule has 0 atom stereocenters. The summed E-state index contributed by atoms with van der Waals surface area (Å²) in [5.41, 5.74) is 9.21. The van der Waals surface area contributed by atoms with Crippen LogP contribution >= 0.6 is 0 Å². The van der Waals surface area contributed by atoms with Crippen LogP contribution in [0.25, 0.3) is 0 Å². The second-order valence-corrected chi connectivity index (χ2v) is 7.00. The van der Waals surface area contributed by atoms with E-state index in [4.69, 9.17) is 11.0 Å². The van der Waals surface area contributed by atoms with Crippen LogP contribution in [0, 0.1) is 11.3 Å². The van der Waals surface area contributed by atoms with Crippen LogP contribution in [-0.4, -0.2) is 54.6 Å². The Labute approximate surface area is 153 Å². The summed E-state index contributed by atoms with van der Waals surface area (Å²) < 4.78 is 0. The van der Waals surface area contributed by atoms with Crippen LogP contribution in [0.1, 0.15) is 16.7 Å². The molecule has 1 saturated heterocycles. The van der Waals surface area contributed by atoms with E-state index in [-0.39, 0.29) is 0 Å². The third-order valence-corrected chi connectivity index (χ3v) is 5.22. The lowest BCUT2D eigenvalue weighted by Gasteiger charge is -2.34. The molecule has 4 rings (SSSR count). The second kappa shape index (κ2) is 6.81. The Hall–Kier alpha value is -2.85. The van der Waals surface area contributed by atoms with Gasteiger partial charge in [0.1, 0.15) is 11.6 Å². The lowest BCUT2D eigenvalue weighted by molar-refractivity contribution is 0.312. The predicted octanol–water partition coefficient (Wildman–Crippen LogP) is 1.24. The van der Waals surface area contributed by atoms with Gasteiger partial charge in [-0.2, -0.15) is 15.2 Å². The van der Waals surface area contributed by atoms with Crippen molar-refractivity contribution in [1.29, 1.82) is 5.26 Å². The van der Waals surface area contributed by atoms with Crippen molar-refractivity contribution in [3.05, 3.63) is 41.0 Å². The highest BCUT2D eigenvalue weighted by Crippen LogP contribution is 2.27. The average Bonchev–Trinajstić information content (AvgIpc) is 2.67. The number of nitrogens with zero attached hydrogens (tertiary/aromatic N) is 6. The third-order valence-electron chi connectivity index (χ3n) is 5.22. The van der Waals surface area contributed by atoms with Gasteiger partial charge in [0.25, 0.3) is 0 Å². The predicted molar refractivity (Wildman–Crippen MR) is 102 cm³/mol. The molecular weight excluding hydrogens is 326 g/mol. The Morgan fingerprint density at radius 1 is 0.962 bits per heavy atom. The van der Waals surface area contributed by atoms with Crippen molar-refractivity contribution in [1.82, 2.24) is 14.9 Å². The summed E-state index contributed by atoms with van der Waals surface area (Å²) in [5, 5.41) is 9.15. The molecule has 2 aliphatic heterocycles. The molecule has 2 aromatic rings. The highest BCUT2D eigenvalue weighted by molar-refractivity contribution is 5.56. The number of anilines is 3. The first-order chi connectivity index (χ1) is 12.6. The van der Waals surface area contributed by atoms with E-state index in [2.05, 4.69) is 43.9 Å². The van der Waals surface area contributed by atoms with Crippen molar-refractivity contribution < 1.29 is 0 Å². The molecule has 0 unspecified atom stereocenters. The summed E-state index contributed by atoms with van der Waals surface area (Å²) >= 11 is 0. The molecule has 1 aromatic carbocycles. The van der Waals surface area contributed by atoms with Crippen molar-refractivity contribution in [2.45, 2.75) is 13.0 Å². The van der Waals surface area contributed by atoms with Crippen molar-refractivity contribution in [3.8, 4) is 6.07 Å². The SMILES string of the molecule is CN1CCN(c2cc(N3CCc4ccc(C#N)cc4C3)nc(N)n2)CC1. The maximum Gasteiger partial charge on any atom is 0.223 e. The summed E-state index contributed by atoms with van der Waals surface area (Å²) in [6.45, 7) is 5.56. The van der Waals surface area contributed by atoms with E-state index >= 15 is 0 Å². The fourth-order valence-electron chi connectivity index (χ4n) is 3.62. The van der Waals surface area contributed by atoms with Crippen molar-refractivity contribution in [2.24, 2.45) is 0 Å². The number of likely N-dealkylation sites (N-methyl/N-ethyl adjacent to an activating group) is 1. The molecule has 7 heteroatoms. The van der Waals surface area contributed by atoms with Gasteiger partial charge in [-0.1, -0.05) is 6.07 Å². The molecule has 134 valence electrons. The van der Waals surface area contributed by atoms with Gasteiger partial charge in [0.15, 0.2) is 0 Å². The molecule has 2 aliphatic rings. The highest BCUT2D eigenvalue weighted by Gasteiger charge is 2.21. The normalized spacial score (nSPS) is 17.7. The van der Waals surface area contributed by atoms with Gasteiger partial charge in [0.05, 0.1) is 11.6 Å². The molecule has 26 heavy (non-hydrogen) atoms. The molecule has 0 amide bonds. The second-order valence-electron chi connectivity index (χ2n) is 7.00. The van der Waals surface area contributed by atoms with Crippen LogP contribution in [0.4, 0.5) is 17.6 Å². The van der Waals surface area contributed by atoms with Crippen LogP contribution in [0.5, 0.6) is 0 Å². The maximum atomic E-state index is 9.15. The topological polar surface area (TPSA) is 85.3 Å². The molecule has 1 fully saturated rings. The quantitative estimate of drug-likeness (QED) is 0.873. The Morgan fingerprint density at radius 2 is 1.69 bits per heavy atom. The molecule has 0 bridgehead atoms. The van der Waals surface area contributed by atoms with E-state index < -0.39 is 0 Å². The number of hydrogen-bond acceptors (Lipinski definition) is 7. The Kier molecular flexibility index (Phi) is 4.35. The lowest BCUT2D eigenvalue weighted by atomic mass is 9.97. The average molecular weight is 349 g/mol. The zero-order valence-electron chi connectivity index (χ0n) is 15.0. The number of fused-ring (bicyclic) bond motifs is 1. The number of nitrogens with two attached hydrogens (primary N) is 1. The number of benzene rings is 1. The number of hydrogen-bond donors (Lipinski definition) is 1. The minimum absolute atomic E-state index is 0.313. The molecule has 0 aliphatic carbocycles. The lowest BCUT2D eigenvalue weighted by Crippen LogP contribution is -2.45. The number of nitrogen functional groups attached to an aromatic ring is 1. The molecule has 0 radical (unpaired) electrons. The molecule has 3 heterocycles. The number of nitriles is 1. The molecule has 1 aromatic heterocycles. The molecule has 7 nitrogen and oxygen atoms in total. The standard InChI is InChI=1S/C19H23N7/c1-24-6-8-25(9-7-24)17-11-18(23-19(21)22-17)26-5-4-15-3-2-14(12-20)10-16(15)13-26/h2-3,10-11H,4-9,13H2,1H3,(H2,21,22,23). The van der Waals surface area contributed by atoms with Gasteiger partial charge in [0.2, 0.25) is 5.95 Å². The van der Waals surface area contributed by atoms with Crippen molar-refractivity contribution in [3.63, 3.8) is 0 Å². The van der Waals surface area contributed by atoms with Crippen LogP contribution in [-0.2, 0) is 13.0 Å². The number of rotatable bonds is 2. The largest absolute Gasteiger partial charge is 0.368 e. The number of aromatic nitrogens is 2. The van der Waals surface area contributed by atoms with Gasteiger partial charge in [-0.3, -0.25) is 0 Å². The first kappa shape index (κ1) is 16.6. The Morgan fingerprint density at radius 3 is 2.42 bits per heavy atom. The summed E-state index contributed by atoms with van der Waals surface area (Å²) in [6.07, 6.45) is 0.939. The molecular formula is C19H23N7. The fourth-order valence-corrected chi connectivity index (χ4v) is 3.62. The van der Waals surface area contributed by atoms with E-state index in [0.717, 1.165) is 57.3 Å². The van der Waals surface area contributed by atoms with Gasteiger partial charge < -0.3 is 20.4 Å². The molecule has 0 saturated carbocycles. The molecule has 2 N–H and O–H groups in total. The Balaban J connectivity index is 1.59. The van der Waals surface area contributed by atoms with Crippen LogP contribution in [0.3, 0.4) is 0 Å². The first-order valence-corrected chi connectivity index (χ1v) is 8.97. The summed E-state index contributed by atoms with van der Waals surface area (Å²) in [5.74, 6) is 2.07. The van der Waals surface area contributed by atoms with E-state index in [0.29, 0.717) is 11.5 Å². The third kappa shape index (κ3) is 3.28. The van der Waals surface area contributed by atoms with Gasteiger partial charge in [0, 0.05) is 45.3 Å². The first-order valence-electron chi connectivity index (χ1n) is 8.97. The molecule has 0 spiro atoms. The van der Waals surface area contributed by atoms with Crippen molar-refractivity contribution in [2.75, 3.05) is 55.3 Å².